The molecule has 0 radical (unpaired) electrons. The smallest absolute Gasteiger partial charge is 0.150 e. The lowest BCUT2D eigenvalue weighted by atomic mass is 9.96. The van der Waals surface area contributed by atoms with Gasteiger partial charge >= 0.3 is 0 Å². The molecule has 1 atom stereocenters. The summed E-state index contributed by atoms with van der Waals surface area (Å²) in [6, 6.07) is 6.08. The van der Waals surface area contributed by atoms with E-state index in [0.717, 1.165) is 25.0 Å². The van der Waals surface area contributed by atoms with Crippen LogP contribution in [-0.4, -0.2) is 27.0 Å². The zero-order chi connectivity index (χ0) is 13.2. The van der Waals surface area contributed by atoms with E-state index in [1.54, 1.807) is 7.11 Å². The number of benzene rings is 1. The number of sulfone groups is 1. The van der Waals surface area contributed by atoms with Gasteiger partial charge in [0.25, 0.3) is 0 Å². The number of hydrogen-bond donors (Lipinski definition) is 0. The molecule has 3 nitrogen and oxygen atoms in total. The van der Waals surface area contributed by atoms with E-state index >= 15 is 0 Å². The van der Waals surface area contributed by atoms with Crippen LogP contribution in [0.3, 0.4) is 0 Å². The molecule has 1 saturated heterocycles. The van der Waals surface area contributed by atoms with Crippen LogP contribution in [0.25, 0.3) is 0 Å². The van der Waals surface area contributed by atoms with Crippen LogP contribution >= 0.6 is 0 Å². The van der Waals surface area contributed by atoms with E-state index in [9.17, 15) is 8.42 Å². The molecule has 1 heterocycles. The number of rotatable bonds is 4. The predicted molar refractivity (Wildman–Crippen MR) is 72.8 cm³/mol. The van der Waals surface area contributed by atoms with Crippen molar-refractivity contribution in [3.63, 3.8) is 0 Å². The topological polar surface area (TPSA) is 43.4 Å². The van der Waals surface area contributed by atoms with Crippen LogP contribution in [0, 0.1) is 12.8 Å². The SMILES string of the molecule is COc1ccc(CCC2CCS(=O)(=O)C2)c(C)c1. The first-order chi connectivity index (χ1) is 8.50. The molecule has 1 aliphatic rings. The number of methoxy groups -OCH3 is 1. The molecule has 18 heavy (non-hydrogen) atoms. The van der Waals surface area contributed by atoms with E-state index in [4.69, 9.17) is 4.74 Å². The van der Waals surface area contributed by atoms with Crippen molar-refractivity contribution in [1.29, 1.82) is 0 Å². The van der Waals surface area contributed by atoms with Gasteiger partial charge in [-0.25, -0.2) is 8.42 Å². The lowest BCUT2D eigenvalue weighted by Crippen LogP contribution is -2.06. The van der Waals surface area contributed by atoms with Gasteiger partial charge < -0.3 is 4.74 Å². The fraction of sp³-hybridized carbons (Fsp3) is 0.571. The first-order valence-corrected chi connectivity index (χ1v) is 8.16. The molecule has 4 heteroatoms. The Morgan fingerprint density at radius 1 is 1.39 bits per heavy atom. The van der Waals surface area contributed by atoms with Crippen molar-refractivity contribution in [2.45, 2.75) is 26.2 Å². The average molecular weight is 268 g/mol. The minimum atomic E-state index is -2.74. The molecule has 0 bridgehead atoms. The van der Waals surface area contributed by atoms with Crippen LogP contribution in [0.15, 0.2) is 18.2 Å². The van der Waals surface area contributed by atoms with Crippen LogP contribution in [0.1, 0.15) is 24.0 Å². The lowest BCUT2D eigenvalue weighted by Gasteiger charge is -2.10. The average Bonchev–Trinajstić information content (AvgIpc) is 2.67. The maximum Gasteiger partial charge on any atom is 0.150 e. The molecule has 100 valence electrons. The summed E-state index contributed by atoms with van der Waals surface area (Å²) in [5.41, 5.74) is 2.51. The van der Waals surface area contributed by atoms with Gasteiger partial charge in [0, 0.05) is 0 Å². The maximum absolute atomic E-state index is 11.4. The Balaban J connectivity index is 1.95. The molecule has 0 aliphatic carbocycles. The Labute approximate surface area is 109 Å². The van der Waals surface area contributed by atoms with Crippen molar-refractivity contribution in [1.82, 2.24) is 0 Å². The van der Waals surface area contributed by atoms with Gasteiger partial charge in [-0.1, -0.05) is 6.07 Å². The summed E-state index contributed by atoms with van der Waals surface area (Å²) >= 11 is 0. The lowest BCUT2D eigenvalue weighted by molar-refractivity contribution is 0.414. The molecule has 1 aromatic rings. The summed E-state index contributed by atoms with van der Waals surface area (Å²) in [6.07, 6.45) is 2.75. The highest BCUT2D eigenvalue weighted by Gasteiger charge is 2.27. The Kier molecular flexibility index (Phi) is 3.95. The number of ether oxygens (including phenoxy) is 1. The van der Waals surface area contributed by atoms with Crippen molar-refractivity contribution < 1.29 is 13.2 Å². The second-order valence-electron chi connectivity index (χ2n) is 5.10. The van der Waals surface area contributed by atoms with Gasteiger partial charge in [0.05, 0.1) is 18.6 Å². The fourth-order valence-corrected chi connectivity index (χ4v) is 4.45. The van der Waals surface area contributed by atoms with Crippen LogP contribution in [0.5, 0.6) is 5.75 Å². The number of hydrogen-bond acceptors (Lipinski definition) is 3. The van der Waals surface area contributed by atoms with Gasteiger partial charge in [0.15, 0.2) is 9.84 Å². The van der Waals surface area contributed by atoms with Gasteiger partial charge in [0.2, 0.25) is 0 Å². The van der Waals surface area contributed by atoms with E-state index in [0.29, 0.717) is 17.4 Å². The minimum absolute atomic E-state index is 0.344. The summed E-state index contributed by atoms with van der Waals surface area (Å²) in [5.74, 6) is 1.97. The molecule has 1 aliphatic heterocycles. The Bertz CT molecular complexity index is 520. The van der Waals surface area contributed by atoms with Gasteiger partial charge in [-0.3, -0.25) is 0 Å². The van der Waals surface area contributed by atoms with E-state index in [-0.39, 0.29) is 0 Å². The quantitative estimate of drug-likeness (QED) is 0.842. The highest BCUT2D eigenvalue weighted by atomic mass is 32.2. The zero-order valence-corrected chi connectivity index (χ0v) is 11.8. The van der Waals surface area contributed by atoms with Gasteiger partial charge in [-0.2, -0.15) is 0 Å². The summed E-state index contributed by atoms with van der Waals surface area (Å²) in [4.78, 5) is 0. The van der Waals surface area contributed by atoms with Crippen molar-refractivity contribution in [2.75, 3.05) is 18.6 Å². The third-order valence-electron chi connectivity index (χ3n) is 3.70. The maximum atomic E-state index is 11.4. The highest BCUT2D eigenvalue weighted by Crippen LogP contribution is 2.25. The minimum Gasteiger partial charge on any atom is -0.497 e. The van der Waals surface area contributed by atoms with Gasteiger partial charge in [-0.05, 0) is 55.4 Å². The van der Waals surface area contributed by atoms with Crippen LogP contribution < -0.4 is 4.74 Å². The molecule has 1 aromatic carbocycles. The molecule has 0 saturated carbocycles. The molecule has 1 fully saturated rings. The first kappa shape index (κ1) is 13.4. The van der Waals surface area contributed by atoms with Crippen molar-refractivity contribution in [3.05, 3.63) is 29.3 Å². The molecule has 0 spiro atoms. The fourth-order valence-electron chi connectivity index (χ4n) is 2.54. The molecule has 0 aromatic heterocycles. The number of aryl methyl sites for hydroxylation is 2. The Morgan fingerprint density at radius 2 is 2.17 bits per heavy atom. The van der Waals surface area contributed by atoms with E-state index in [2.05, 4.69) is 13.0 Å². The van der Waals surface area contributed by atoms with E-state index < -0.39 is 9.84 Å². The highest BCUT2D eigenvalue weighted by molar-refractivity contribution is 7.91. The second kappa shape index (κ2) is 5.31. The van der Waals surface area contributed by atoms with Crippen LogP contribution in [-0.2, 0) is 16.3 Å². The second-order valence-corrected chi connectivity index (χ2v) is 7.33. The van der Waals surface area contributed by atoms with Crippen LogP contribution in [0.2, 0.25) is 0 Å². The molecule has 0 amide bonds. The summed E-state index contributed by atoms with van der Waals surface area (Å²) in [7, 11) is -1.08. The monoisotopic (exact) mass is 268 g/mol. The Hall–Kier alpha value is -1.03. The van der Waals surface area contributed by atoms with Crippen LogP contribution in [0.4, 0.5) is 0 Å². The largest absolute Gasteiger partial charge is 0.497 e. The molecule has 0 N–H and O–H groups in total. The molecular weight excluding hydrogens is 248 g/mol. The third kappa shape index (κ3) is 3.25. The third-order valence-corrected chi connectivity index (χ3v) is 5.54. The molecule has 1 unspecified atom stereocenters. The molecule has 2 rings (SSSR count). The summed E-state index contributed by atoms with van der Waals surface area (Å²) in [6.45, 7) is 2.07. The van der Waals surface area contributed by atoms with Gasteiger partial charge in [0.1, 0.15) is 5.75 Å². The normalized spacial score (nSPS) is 22.0. The van der Waals surface area contributed by atoms with Crippen molar-refractivity contribution in [3.8, 4) is 5.75 Å². The van der Waals surface area contributed by atoms with E-state index in [1.807, 2.05) is 12.1 Å². The van der Waals surface area contributed by atoms with Crippen molar-refractivity contribution >= 4 is 9.84 Å². The van der Waals surface area contributed by atoms with Gasteiger partial charge in [-0.15, -0.1) is 0 Å². The zero-order valence-electron chi connectivity index (χ0n) is 11.0. The van der Waals surface area contributed by atoms with E-state index in [1.165, 1.54) is 11.1 Å². The summed E-state index contributed by atoms with van der Waals surface area (Å²) < 4.78 is 27.9. The Morgan fingerprint density at radius 3 is 2.72 bits per heavy atom. The van der Waals surface area contributed by atoms with Crippen molar-refractivity contribution in [2.24, 2.45) is 5.92 Å². The molecular formula is C14H20O3S. The standard InChI is InChI=1S/C14H20O3S/c1-11-9-14(17-2)6-5-13(11)4-3-12-7-8-18(15,16)10-12/h5-6,9,12H,3-4,7-8,10H2,1-2H3. The summed E-state index contributed by atoms with van der Waals surface area (Å²) in [5, 5.41) is 0. The predicted octanol–water partition coefficient (Wildman–Crippen LogP) is 2.37. The first-order valence-electron chi connectivity index (χ1n) is 6.34.